The van der Waals surface area contributed by atoms with E-state index in [0.717, 1.165) is 0 Å². The molecular weight excluding hydrogens is 287 g/mol. The van der Waals surface area contributed by atoms with Gasteiger partial charge in [0.25, 0.3) is 0 Å². The highest BCUT2D eigenvalue weighted by molar-refractivity contribution is 7.76. The van der Waals surface area contributed by atoms with Gasteiger partial charge in [0.05, 0.1) is 0 Å². The highest BCUT2D eigenvalue weighted by atomic mass is 32.2. The van der Waals surface area contributed by atoms with Crippen LogP contribution in [0.1, 0.15) is 11.1 Å². The van der Waals surface area contributed by atoms with Gasteiger partial charge in [-0.2, -0.15) is 13.2 Å². The Hall–Kier alpha value is -1.45. The molecule has 1 aromatic rings. The third kappa shape index (κ3) is 14.5. The number of halogens is 3. The summed E-state index contributed by atoms with van der Waals surface area (Å²) >= 11 is -2.36. The largest absolute Gasteiger partial charge is 0.760 e. The molecule has 1 atom stereocenters. The van der Waals surface area contributed by atoms with Crippen molar-refractivity contribution in [2.24, 2.45) is 5.14 Å². The molecule has 1 aromatic carbocycles. The van der Waals surface area contributed by atoms with E-state index in [9.17, 15) is 13.2 Å². The van der Waals surface area contributed by atoms with Crippen molar-refractivity contribution in [1.82, 2.24) is 0 Å². The van der Waals surface area contributed by atoms with Crippen molar-refractivity contribution in [3.8, 4) is 0 Å². The average Bonchev–Trinajstić information content (AvgIpc) is 2.21. The lowest BCUT2D eigenvalue weighted by molar-refractivity contribution is -0.192. The van der Waals surface area contributed by atoms with Crippen LogP contribution in [0, 0.1) is 13.8 Å². The highest BCUT2D eigenvalue weighted by Crippen LogP contribution is 2.13. The topological polar surface area (TPSA) is 103 Å². The molecule has 0 radical (unpaired) electrons. The summed E-state index contributed by atoms with van der Waals surface area (Å²) in [5, 5.41) is 11.2. The Kier molecular flexibility index (Phi) is 9.92. The summed E-state index contributed by atoms with van der Waals surface area (Å²) in [4.78, 5) is 8.90. The summed E-state index contributed by atoms with van der Waals surface area (Å²) in [7, 11) is 0. The zero-order valence-electron chi connectivity index (χ0n) is 10.1. The first-order valence-electron chi connectivity index (χ1n) is 4.64. The summed E-state index contributed by atoms with van der Waals surface area (Å²) in [5.74, 6) is -2.76. The number of benzene rings is 1. The second kappa shape index (κ2) is 9.48. The first kappa shape index (κ1) is 19.9. The van der Waals surface area contributed by atoms with Crippen LogP contribution in [0.4, 0.5) is 13.2 Å². The smallest absolute Gasteiger partial charge is 0.490 e. The number of rotatable bonds is 0. The molecule has 19 heavy (non-hydrogen) atoms. The molecule has 3 N–H and O–H groups in total. The molecule has 0 fully saturated rings. The number of alkyl halides is 3. The van der Waals surface area contributed by atoms with Crippen LogP contribution in [0.5, 0.6) is 0 Å². The number of carbonyl (C=O) groups is 1. The minimum Gasteiger partial charge on any atom is -0.760 e. The highest BCUT2D eigenvalue weighted by Gasteiger charge is 2.38. The lowest BCUT2D eigenvalue weighted by atomic mass is 10.1. The van der Waals surface area contributed by atoms with Crippen LogP contribution in [0.15, 0.2) is 24.3 Å². The van der Waals surface area contributed by atoms with Gasteiger partial charge in [0.1, 0.15) is 0 Å². The fraction of sp³-hybridized carbons (Fsp3) is 0.300. The maximum Gasteiger partial charge on any atom is 0.490 e. The molecule has 0 saturated carbocycles. The van der Waals surface area contributed by atoms with E-state index in [4.69, 9.17) is 18.7 Å². The Balaban J connectivity index is 0. The fourth-order valence-corrected chi connectivity index (χ4v) is 0.663. The lowest BCUT2D eigenvalue weighted by Crippen LogP contribution is -2.21. The SMILES string of the molecule is Cc1ccccc1C.NS(=O)[O-].O=C(O)C(F)(F)F. The maximum atomic E-state index is 10.6. The molecule has 0 spiro atoms. The zero-order valence-corrected chi connectivity index (χ0v) is 10.9. The van der Waals surface area contributed by atoms with Gasteiger partial charge in [0.2, 0.25) is 0 Å². The summed E-state index contributed by atoms with van der Waals surface area (Å²) < 4.78 is 49.3. The molecule has 110 valence electrons. The normalized spacial score (nSPS) is 11.3. The number of carboxylic acid groups (broad SMARTS) is 1. The number of aryl methyl sites for hydroxylation is 2. The van der Waals surface area contributed by atoms with E-state index in [1.165, 1.54) is 11.1 Å². The molecule has 0 saturated heterocycles. The fourth-order valence-electron chi connectivity index (χ4n) is 0.663. The number of hydrogen-bond donors (Lipinski definition) is 2. The Morgan fingerprint density at radius 3 is 1.58 bits per heavy atom. The molecule has 5 nitrogen and oxygen atoms in total. The van der Waals surface area contributed by atoms with Crippen LogP contribution < -0.4 is 5.14 Å². The Morgan fingerprint density at radius 2 is 1.47 bits per heavy atom. The predicted molar refractivity (Wildman–Crippen MR) is 62.7 cm³/mol. The van der Waals surface area contributed by atoms with Crippen molar-refractivity contribution >= 4 is 17.2 Å². The predicted octanol–water partition coefficient (Wildman–Crippen LogP) is 1.68. The molecule has 0 aliphatic heterocycles. The molecule has 0 bridgehead atoms. The number of carboxylic acids is 1. The van der Waals surface area contributed by atoms with Crippen molar-refractivity contribution in [3.05, 3.63) is 35.4 Å². The molecular formula is C10H13F3NO4S-. The summed E-state index contributed by atoms with van der Waals surface area (Å²) in [6.45, 7) is 4.24. The molecule has 0 aliphatic carbocycles. The molecule has 0 aliphatic rings. The molecule has 1 unspecified atom stereocenters. The van der Waals surface area contributed by atoms with Crippen LogP contribution in [-0.4, -0.2) is 26.0 Å². The average molecular weight is 300 g/mol. The number of aliphatic carboxylic acids is 1. The van der Waals surface area contributed by atoms with Crippen LogP contribution in [0.3, 0.4) is 0 Å². The summed E-state index contributed by atoms with van der Waals surface area (Å²) in [6, 6.07) is 8.36. The summed E-state index contributed by atoms with van der Waals surface area (Å²) in [5.41, 5.74) is 2.74. The molecule has 1 rings (SSSR count). The lowest BCUT2D eigenvalue weighted by Gasteiger charge is -1.93. The van der Waals surface area contributed by atoms with Crippen molar-refractivity contribution in [3.63, 3.8) is 0 Å². The zero-order chi connectivity index (χ0) is 15.6. The van der Waals surface area contributed by atoms with E-state index in [-0.39, 0.29) is 0 Å². The monoisotopic (exact) mass is 300 g/mol. The number of hydrogen-bond acceptors (Lipinski definition) is 3. The van der Waals surface area contributed by atoms with Gasteiger partial charge in [0, 0.05) is 11.3 Å². The molecule has 0 amide bonds. The van der Waals surface area contributed by atoms with E-state index >= 15 is 0 Å². The van der Waals surface area contributed by atoms with Crippen LogP contribution in [0.25, 0.3) is 0 Å². The Labute approximate surface area is 110 Å². The first-order valence-corrected chi connectivity index (χ1v) is 5.78. The van der Waals surface area contributed by atoms with Crippen molar-refractivity contribution in [1.29, 1.82) is 0 Å². The van der Waals surface area contributed by atoms with Gasteiger partial charge in [-0.3, -0.25) is 9.35 Å². The molecule has 0 heterocycles. The Morgan fingerprint density at radius 1 is 1.26 bits per heavy atom. The first-order chi connectivity index (χ1) is 8.48. The molecule has 0 aromatic heterocycles. The van der Waals surface area contributed by atoms with E-state index in [1.807, 2.05) is 0 Å². The quantitative estimate of drug-likeness (QED) is 0.711. The van der Waals surface area contributed by atoms with Gasteiger partial charge in [-0.05, 0) is 25.0 Å². The van der Waals surface area contributed by atoms with Gasteiger partial charge in [-0.1, -0.05) is 24.3 Å². The summed E-state index contributed by atoms with van der Waals surface area (Å²) in [6.07, 6.45) is -5.08. The minimum atomic E-state index is -5.08. The number of nitrogens with two attached hydrogens (primary N) is 1. The van der Waals surface area contributed by atoms with Crippen LogP contribution >= 0.6 is 0 Å². The second-order valence-electron chi connectivity index (χ2n) is 3.15. The van der Waals surface area contributed by atoms with E-state index in [1.54, 1.807) is 0 Å². The van der Waals surface area contributed by atoms with Crippen molar-refractivity contribution < 1.29 is 31.8 Å². The van der Waals surface area contributed by atoms with Gasteiger partial charge in [-0.25, -0.2) is 4.79 Å². The standard InChI is InChI=1S/C8H10.C2HF3O2.H3NO2S/c1-7-5-3-4-6-8(7)2;3-2(4,5)1(6)7;1-4(2)3/h3-6H,1-2H3;(H,6,7);1H2,(H,2,3)/p-1. The van der Waals surface area contributed by atoms with E-state index < -0.39 is 23.4 Å². The minimum absolute atomic E-state index is 1.37. The van der Waals surface area contributed by atoms with E-state index in [2.05, 4.69) is 43.3 Å². The maximum absolute atomic E-state index is 10.6. The van der Waals surface area contributed by atoms with Gasteiger partial charge < -0.3 is 9.66 Å². The second-order valence-corrected chi connectivity index (χ2v) is 3.67. The third-order valence-corrected chi connectivity index (χ3v) is 1.67. The molecule has 9 heteroatoms. The van der Waals surface area contributed by atoms with Gasteiger partial charge in [-0.15, -0.1) is 0 Å². The third-order valence-electron chi connectivity index (χ3n) is 1.67. The van der Waals surface area contributed by atoms with Crippen LogP contribution in [0.2, 0.25) is 0 Å². The van der Waals surface area contributed by atoms with Crippen molar-refractivity contribution in [2.75, 3.05) is 0 Å². The van der Waals surface area contributed by atoms with Gasteiger partial charge in [0.15, 0.2) is 0 Å². The van der Waals surface area contributed by atoms with Crippen LogP contribution in [-0.2, 0) is 16.1 Å². The van der Waals surface area contributed by atoms with Gasteiger partial charge >= 0.3 is 12.1 Å². The Bertz CT molecular complexity index is 398. The van der Waals surface area contributed by atoms with Crippen molar-refractivity contribution in [2.45, 2.75) is 20.0 Å². The van der Waals surface area contributed by atoms with E-state index in [0.29, 0.717) is 0 Å².